The molecule has 7 heavy (non-hydrogen) atoms. The molecule has 0 bridgehead atoms. The third kappa shape index (κ3) is 2.73. The summed E-state index contributed by atoms with van der Waals surface area (Å²) in [5.74, 6) is 1.15. The van der Waals surface area contributed by atoms with Gasteiger partial charge in [0.05, 0.1) is 5.44 Å². The molecule has 1 rings (SSSR count). The number of thioether (sulfide) groups is 1. The number of rotatable bonds is 0. The fourth-order valence-corrected chi connectivity index (χ4v) is 1.50. The molecule has 1 aliphatic heterocycles. The van der Waals surface area contributed by atoms with Crippen molar-refractivity contribution in [2.75, 3.05) is 5.75 Å². The Labute approximate surface area is 62.1 Å². The van der Waals surface area contributed by atoms with Gasteiger partial charge < -0.3 is 5.11 Å². The Balaban J connectivity index is 0.000000360. The summed E-state index contributed by atoms with van der Waals surface area (Å²) in [6, 6.07) is 0. The summed E-state index contributed by atoms with van der Waals surface area (Å²) in [7, 11) is 0. The van der Waals surface area contributed by atoms with Gasteiger partial charge in [-0.1, -0.05) is 0 Å². The third-order valence-corrected chi connectivity index (χ3v) is 2.05. The molecule has 0 spiro atoms. The zero-order valence-electron chi connectivity index (χ0n) is 3.96. The monoisotopic (exact) mass is 202 g/mol. The van der Waals surface area contributed by atoms with E-state index in [1.54, 1.807) is 11.8 Å². The van der Waals surface area contributed by atoms with Crippen LogP contribution in [0.25, 0.3) is 0 Å². The molecule has 1 heterocycles. The average Bonchev–Trinajstić information content (AvgIpc) is 1.86. The fourth-order valence-electron chi connectivity index (χ4n) is 0.561. The maximum absolute atomic E-state index is 8.69. The minimum absolute atomic E-state index is 0. The Morgan fingerprint density at radius 1 is 1.57 bits per heavy atom. The molecular weight excluding hydrogens is 192 g/mol. The second-order valence-electron chi connectivity index (χ2n) is 1.47. The van der Waals surface area contributed by atoms with Crippen molar-refractivity contribution in [1.82, 2.24) is 0 Å². The molecule has 0 saturated carbocycles. The summed E-state index contributed by atoms with van der Waals surface area (Å²) in [5.41, 5.74) is -0.0370. The van der Waals surface area contributed by atoms with Gasteiger partial charge in [0.15, 0.2) is 0 Å². The van der Waals surface area contributed by atoms with Gasteiger partial charge in [-0.25, -0.2) is 0 Å². The van der Waals surface area contributed by atoms with E-state index in [9.17, 15) is 0 Å². The Morgan fingerprint density at radius 3 is 2.43 bits per heavy atom. The van der Waals surface area contributed by atoms with E-state index in [2.05, 4.69) is 0 Å². The molecule has 1 N–H and O–H groups in total. The van der Waals surface area contributed by atoms with E-state index in [4.69, 9.17) is 5.11 Å². The standard InChI is InChI=1S/C4H8OS.Mo/c5-4-2-1-3-6-4;/h4-5H,1-3H2;. The molecule has 1 nitrogen and oxygen atoms in total. The van der Waals surface area contributed by atoms with Crippen molar-refractivity contribution in [2.24, 2.45) is 0 Å². The van der Waals surface area contributed by atoms with E-state index in [0.717, 1.165) is 12.2 Å². The van der Waals surface area contributed by atoms with Crippen molar-refractivity contribution in [3.63, 3.8) is 0 Å². The van der Waals surface area contributed by atoms with E-state index in [0.29, 0.717) is 0 Å². The van der Waals surface area contributed by atoms with Crippen molar-refractivity contribution in [1.29, 1.82) is 0 Å². The number of aliphatic hydroxyl groups excluding tert-OH is 1. The molecule has 0 aromatic heterocycles. The molecule has 1 atom stereocenters. The molecule has 1 unspecified atom stereocenters. The first-order chi connectivity index (χ1) is 2.89. The van der Waals surface area contributed by atoms with Crippen LogP contribution in [0.4, 0.5) is 0 Å². The van der Waals surface area contributed by atoms with E-state index >= 15 is 0 Å². The second-order valence-corrected chi connectivity index (χ2v) is 2.75. The summed E-state index contributed by atoms with van der Waals surface area (Å²) >= 11 is 1.65. The van der Waals surface area contributed by atoms with Crippen molar-refractivity contribution in [2.45, 2.75) is 18.3 Å². The maximum Gasteiger partial charge on any atom is 0.0993 e. The summed E-state index contributed by atoms with van der Waals surface area (Å²) in [6.07, 6.45) is 2.20. The first kappa shape index (κ1) is 8.00. The molecule has 1 fully saturated rings. The smallest absolute Gasteiger partial charge is 0.0993 e. The normalized spacial score (nSPS) is 29.6. The van der Waals surface area contributed by atoms with Crippen LogP contribution in [0.15, 0.2) is 0 Å². The van der Waals surface area contributed by atoms with Crippen molar-refractivity contribution in [3.05, 3.63) is 0 Å². The Hall–Kier alpha value is 0.998. The summed E-state index contributed by atoms with van der Waals surface area (Å²) in [4.78, 5) is 0. The van der Waals surface area contributed by atoms with Gasteiger partial charge in [0, 0.05) is 21.1 Å². The third-order valence-electron chi connectivity index (χ3n) is 0.906. The zero-order valence-corrected chi connectivity index (χ0v) is 6.79. The molecule has 1 aliphatic rings. The zero-order chi connectivity index (χ0) is 4.41. The van der Waals surface area contributed by atoms with Crippen molar-refractivity contribution in [3.8, 4) is 0 Å². The molecule has 3 heteroatoms. The van der Waals surface area contributed by atoms with Gasteiger partial charge in [-0.15, -0.1) is 11.8 Å². The number of aliphatic hydroxyl groups is 1. The maximum atomic E-state index is 8.69. The van der Waals surface area contributed by atoms with Crippen molar-refractivity contribution >= 4 is 11.8 Å². The van der Waals surface area contributed by atoms with Crippen LogP contribution < -0.4 is 0 Å². The molecule has 0 aliphatic carbocycles. The van der Waals surface area contributed by atoms with Gasteiger partial charge in [-0.05, 0) is 18.6 Å². The molecule has 0 radical (unpaired) electrons. The second kappa shape index (κ2) is 3.94. The quantitative estimate of drug-likeness (QED) is 0.584. The minimum Gasteiger partial charge on any atom is -0.382 e. The molecule has 1 saturated heterocycles. The summed E-state index contributed by atoms with van der Waals surface area (Å²) < 4.78 is 0. The van der Waals surface area contributed by atoms with Crippen LogP contribution in [0.5, 0.6) is 0 Å². The van der Waals surface area contributed by atoms with Crippen LogP contribution in [0.2, 0.25) is 0 Å². The topological polar surface area (TPSA) is 20.2 Å². The molecular formula is C4H8MoOS. The van der Waals surface area contributed by atoms with E-state index in [1.165, 1.54) is 6.42 Å². The average molecular weight is 200 g/mol. The van der Waals surface area contributed by atoms with Crippen LogP contribution in [0.3, 0.4) is 0 Å². The van der Waals surface area contributed by atoms with Crippen LogP contribution in [-0.2, 0) is 21.1 Å². The van der Waals surface area contributed by atoms with Gasteiger partial charge in [-0.3, -0.25) is 0 Å². The molecule has 0 aromatic carbocycles. The molecule has 0 amide bonds. The largest absolute Gasteiger partial charge is 0.382 e. The van der Waals surface area contributed by atoms with Crippen LogP contribution in [0.1, 0.15) is 12.8 Å². The predicted octanol–water partition coefficient (Wildman–Crippen LogP) is 0.829. The van der Waals surface area contributed by atoms with Crippen LogP contribution in [0, 0.1) is 0 Å². The van der Waals surface area contributed by atoms with Crippen LogP contribution >= 0.6 is 11.8 Å². The first-order valence-electron chi connectivity index (χ1n) is 2.19. The van der Waals surface area contributed by atoms with E-state index in [-0.39, 0.29) is 26.5 Å². The van der Waals surface area contributed by atoms with Gasteiger partial charge in [0.25, 0.3) is 0 Å². The van der Waals surface area contributed by atoms with Gasteiger partial charge in [0.1, 0.15) is 0 Å². The predicted molar refractivity (Wildman–Crippen MR) is 27.7 cm³/mol. The van der Waals surface area contributed by atoms with Crippen LogP contribution in [-0.4, -0.2) is 16.3 Å². The van der Waals surface area contributed by atoms with Gasteiger partial charge in [0.2, 0.25) is 0 Å². The van der Waals surface area contributed by atoms with Gasteiger partial charge in [-0.2, -0.15) is 0 Å². The first-order valence-corrected chi connectivity index (χ1v) is 3.24. The van der Waals surface area contributed by atoms with Crippen molar-refractivity contribution < 1.29 is 26.2 Å². The van der Waals surface area contributed by atoms with Gasteiger partial charge >= 0.3 is 0 Å². The summed E-state index contributed by atoms with van der Waals surface area (Å²) in [5, 5.41) is 8.69. The Kier molecular flexibility index (Phi) is 4.50. The Bertz CT molecular complexity index is 45.0. The minimum atomic E-state index is -0.0370. The number of hydrogen-bond acceptors (Lipinski definition) is 2. The van der Waals surface area contributed by atoms with E-state index in [1.807, 2.05) is 0 Å². The summed E-state index contributed by atoms with van der Waals surface area (Å²) in [6.45, 7) is 0. The SMILES string of the molecule is OC1CCCS1.[Mo]. The Morgan fingerprint density at radius 2 is 2.29 bits per heavy atom. The number of hydrogen-bond donors (Lipinski definition) is 1. The van der Waals surface area contributed by atoms with E-state index < -0.39 is 0 Å². The molecule has 42 valence electrons. The molecule has 0 aromatic rings. The fraction of sp³-hybridized carbons (Fsp3) is 1.00.